The lowest BCUT2D eigenvalue weighted by molar-refractivity contribution is -0.137. The van der Waals surface area contributed by atoms with Gasteiger partial charge in [0.1, 0.15) is 0 Å². The summed E-state index contributed by atoms with van der Waals surface area (Å²) >= 11 is 0. The Morgan fingerprint density at radius 1 is 1.53 bits per heavy atom. The summed E-state index contributed by atoms with van der Waals surface area (Å²) in [4.78, 5) is 12.9. The van der Waals surface area contributed by atoms with Gasteiger partial charge in [-0.1, -0.05) is 6.08 Å². The molecule has 2 aliphatic heterocycles. The molecule has 0 fully saturated rings. The SMILES string of the molecule is O=C(O)CCC1C=CC2=Cc3cccn3CN21. The molecular weight excluding hydrogens is 216 g/mol. The molecule has 3 rings (SSSR count). The van der Waals surface area contributed by atoms with E-state index < -0.39 is 5.97 Å². The Kier molecular flexibility index (Phi) is 2.28. The summed E-state index contributed by atoms with van der Waals surface area (Å²) in [6.07, 6.45) is 9.26. The molecule has 1 unspecified atom stereocenters. The van der Waals surface area contributed by atoms with E-state index in [9.17, 15) is 4.79 Å². The lowest BCUT2D eigenvalue weighted by Gasteiger charge is -2.31. The maximum Gasteiger partial charge on any atom is 0.303 e. The molecule has 1 atom stereocenters. The van der Waals surface area contributed by atoms with Crippen LogP contribution in [0, 0.1) is 0 Å². The molecule has 0 saturated heterocycles. The van der Waals surface area contributed by atoms with Crippen LogP contribution in [0.15, 0.2) is 36.2 Å². The van der Waals surface area contributed by atoms with E-state index in [1.165, 1.54) is 11.4 Å². The van der Waals surface area contributed by atoms with Crippen LogP contribution in [0.2, 0.25) is 0 Å². The van der Waals surface area contributed by atoms with Crippen molar-refractivity contribution in [1.29, 1.82) is 0 Å². The number of hydrogen-bond acceptors (Lipinski definition) is 2. The summed E-state index contributed by atoms with van der Waals surface area (Å²) in [5.74, 6) is -0.727. The first kappa shape index (κ1) is 10.2. The van der Waals surface area contributed by atoms with E-state index >= 15 is 0 Å². The third-order valence-corrected chi connectivity index (χ3v) is 3.34. The zero-order valence-corrected chi connectivity index (χ0v) is 9.41. The molecule has 0 amide bonds. The second-order valence-corrected chi connectivity index (χ2v) is 4.44. The summed E-state index contributed by atoms with van der Waals surface area (Å²) < 4.78 is 2.17. The first-order chi connectivity index (χ1) is 8.24. The van der Waals surface area contributed by atoms with Gasteiger partial charge in [0, 0.05) is 30.1 Å². The van der Waals surface area contributed by atoms with Crippen molar-refractivity contribution in [2.75, 3.05) is 0 Å². The Morgan fingerprint density at radius 3 is 3.24 bits per heavy atom. The third kappa shape index (κ3) is 1.75. The minimum Gasteiger partial charge on any atom is -0.481 e. The van der Waals surface area contributed by atoms with Crippen LogP contribution in [0.4, 0.5) is 0 Å². The molecule has 1 N–H and O–H groups in total. The number of hydrogen-bond donors (Lipinski definition) is 1. The molecule has 0 radical (unpaired) electrons. The van der Waals surface area contributed by atoms with Crippen LogP contribution < -0.4 is 0 Å². The van der Waals surface area contributed by atoms with Gasteiger partial charge in [0.2, 0.25) is 0 Å². The summed E-state index contributed by atoms with van der Waals surface area (Å²) in [5.41, 5.74) is 2.39. The number of carboxylic acids is 1. The molecule has 0 spiro atoms. The van der Waals surface area contributed by atoms with Crippen LogP contribution in [0.25, 0.3) is 6.08 Å². The van der Waals surface area contributed by atoms with Crippen molar-refractivity contribution in [2.24, 2.45) is 0 Å². The van der Waals surface area contributed by atoms with E-state index in [1.807, 2.05) is 6.07 Å². The van der Waals surface area contributed by atoms with E-state index in [2.05, 4.69) is 40.0 Å². The monoisotopic (exact) mass is 230 g/mol. The van der Waals surface area contributed by atoms with E-state index in [4.69, 9.17) is 5.11 Å². The number of allylic oxidation sites excluding steroid dienone is 1. The highest BCUT2D eigenvalue weighted by atomic mass is 16.4. The van der Waals surface area contributed by atoms with Crippen LogP contribution in [0.3, 0.4) is 0 Å². The standard InChI is InChI=1S/C13H14N2O2/c16-13(17)6-5-10-3-4-12-8-11-2-1-7-14(11)9-15(10)12/h1-4,7-8,10H,5-6,9H2,(H,16,17). The fraction of sp³-hybridized carbons (Fsp3) is 0.308. The van der Waals surface area contributed by atoms with Crippen molar-refractivity contribution in [3.8, 4) is 0 Å². The smallest absolute Gasteiger partial charge is 0.303 e. The van der Waals surface area contributed by atoms with Gasteiger partial charge in [0.15, 0.2) is 0 Å². The molecule has 1 aromatic heterocycles. The predicted molar refractivity (Wildman–Crippen MR) is 64.0 cm³/mol. The average Bonchev–Trinajstić information content (AvgIpc) is 2.88. The van der Waals surface area contributed by atoms with Crippen LogP contribution in [0.5, 0.6) is 0 Å². The van der Waals surface area contributed by atoms with Crippen LogP contribution in [0.1, 0.15) is 18.5 Å². The first-order valence-electron chi connectivity index (χ1n) is 5.77. The third-order valence-electron chi connectivity index (χ3n) is 3.34. The van der Waals surface area contributed by atoms with Crippen LogP contribution >= 0.6 is 0 Å². The molecule has 88 valence electrons. The van der Waals surface area contributed by atoms with Gasteiger partial charge >= 0.3 is 5.97 Å². The predicted octanol–water partition coefficient (Wildman–Crippen LogP) is 1.91. The molecule has 0 bridgehead atoms. The molecule has 0 aliphatic carbocycles. The minimum atomic E-state index is -0.727. The molecule has 4 nitrogen and oxygen atoms in total. The van der Waals surface area contributed by atoms with Gasteiger partial charge in [-0.3, -0.25) is 4.79 Å². The summed E-state index contributed by atoms with van der Waals surface area (Å²) in [6, 6.07) is 4.33. The van der Waals surface area contributed by atoms with Crippen LogP contribution in [-0.4, -0.2) is 26.6 Å². The lowest BCUT2D eigenvalue weighted by Crippen LogP contribution is -2.33. The molecule has 4 heteroatoms. The number of nitrogens with zero attached hydrogens (tertiary/aromatic N) is 2. The molecule has 2 aliphatic rings. The minimum absolute atomic E-state index is 0.216. The number of aromatic nitrogens is 1. The van der Waals surface area contributed by atoms with E-state index in [0.29, 0.717) is 6.42 Å². The maximum absolute atomic E-state index is 10.6. The first-order valence-corrected chi connectivity index (χ1v) is 5.77. The van der Waals surface area contributed by atoms with Crippen molar-refractivity contribution >= 4 is 12.0 Å². The fourth-order valence-electron chi connectivity index (χ4n) is 2.44. The van der Waals surface area contributed by atoms with Crippen LogP contribution in [-0.2, 0) is 11.5 Å². The van der Waals surface area contributed by atoms with Gasteiger partial charge < -0.3 is 14.6 Å². The number of fused-ring (bicyclic) bond motifs is 2. The Balaban J connectivity index is 1.78. The summed E-state index contributed by atoms with van der Waals surface area (Å²) in [7, 11) is 0. The Labute approximate surface area is 99.5 Å². The van der Waals surface area contributed by atoms with E-state index in [0.717, 1.165) is 6.67 Å². The summed E-state index contributed by atoms with van der Waals surface area (Å²) in [5, 5.41) is 8.73. The van der Waals surface area contributed by atoms with Gasteiger partial charge in [0.25, 0.3) is 0 Å². The second-order valence-electron chi connectivity index (χ2n) is 4.44. The van der Waals surface area contributed by atoms with Gasteiger partial charge in [-0.05, 0) is 30.7 Å². The molecular formula is C13H14N2O2. The zero-order chi connectivity index (χ0) is 11.8. The highest BCUT2D eigenvalue weighted by molar-refractivity contribution is 5.66. The van der Waals surface area contributed by atoms with E-state index in [-0.39, 0.29) is 12.5 Å². The van der Waals surface area contributed by atoms with Gasteiger partial charge in [-0.2, -0.15) is 0 Å². The normalized spacial score (nSPS) is 21.1. The number of carboxylic acid groups (broad SMARTS) is 1. The Hall–Kier alpha value is -1.97. The number of rotatable bonds is 3. The number of aliphatic carboxylic acids is 1. The molecule has 17 heavy (non-hydrogen) atoms. The molecule has 0 aromatic carbocycles. The topological polar surface area (TPSA) is 45.5 Å². The highest BCUT2D eigenvalue weighted by Gasteiger charge is 2.26. The Bertz CT molecular complexity index is 513. The highest BCUT2D eigenvalue weighted by Crippen LogP contribution is 2.29. The molecule has 3 heterocycles. The number of carbonyl (C=O) groups is 1. The van der Waals surface area contributed by atoms with Crippen molar-refractivity contribution in [1.82, 2.24) is 9.47 Å². The quantitative estimate of drug-likeness (QED) is 0.862. The van der Waals surface area contributed by atoms with Crippen molar-refractivity contribution in [3.05, 3.63) is 41.9 Å². The van der Waals surface area contributed by atoms with Gasteiger partial charge in [-0.25, -0.2) is 0 Å². The Morgan fingerprint density at radius 2 is 2.41 bits per heavy atom. The average molecular weight is 230 g/mol. The van der Waals surface area contributed by atoms with Crippen molar-refractivity contribution < 1.29 is 9.90 Å². The summed E-state index contributed by atoms with van der Waals surface area (Å²) in [6.45, 7) is 0.811. The second kappa shape index (κ2) is 3.80. The van der Waals surface area contributed by atoms with Gasteiger partial charge in [0.05, 0.1) is 6.67 Å². The fourth-order valence-corrected chi connectivity index (χ4v) is 2.44. The van der Waals surface area contributed by atoms with Crippen molar-refractivity contribution in [3.63, 3.8) is 0 Å². The van der Waals surface area contributed by atoms with Crippen molar-refractivity contribution in [2.45, 2.75) is 25.6 Å². The van der Waals surface area contributed by atoms with E-state index in [1.54, 1.807) is 0 Å². The molecule has 0 saturated carbocycles. The largest absolute Gasteiger partial charge is 0.481 e. The molecule has 1 aromatic rings. The lowest BCUT2D eigenvalue weighted by atomic mass is 10.1. The van der Waals surface area contributed by atoms with Gasteiger partial charge in [-0.15, -0.1) is 0 Å². The maximum atomic E-state index is 10.6. The zero-order valence-electron chi connectivity index (χ0n) is 9.41.